The molecular formula is C20H25FN2O4S. The van der Waals surface area contributed by atoms with Crippen LogP contribution in [-0.2, 0) is 14.8 Å². The Balaban J connectivity index is 2.29. The SMILES string of the molecule is CC[C@H](C(=O)N[C@H](C)c1ccc(F)cc1)N(c1ccc(OC)cc1)S(C)(=O)=O. The van der Waals surface area contributed by atoms with Crippen LogP contribution in [-0.4, -0.2) is 33.7 Å². The van der Waals surface area contributed by atoms with E-state index in [1.165, 1.54) is 19.2 Å². The Morgan fingerprint density at radius 2 is 1.71 bits per heavy atom. The van der Waals surface area contributed by atoms with E-state index in [2.05, 4.69) is 5.32 Å². The molecule has 6 nitrogen and oxygen atoms in total. The summed E-state index contributed by atoms with van der Waals surface area (Å²) in [5, 5.41) is 2.82. The van der Waals surface area contributed by atoms with Gasteiger partial charge in [0.2, 0.25) is 15.9 Å². The zero-order valence-corrected chi connectivity index (χ0v) is 17.2. The van der Waals surface area contributed by atoms with Crippen molar-refractivity contribution in [1.82, 2.24) is 5.32 Å². The van der Waals surface area contributed by atoms with Crippen LogP contribution in [0, 0.1) is 5.82 Å². The molecule has 0 fully saturated rings. The van der Waals surface area contributed by atoms with Crippen molar-refractivity contribution in [3.63, 3.8) is 0 Å². The zero-order chi connectivity index (χ0) is 20.9. The highest BCUT2D eigenvalue weighted by Gasteiger charge is 2.32. The molecule has 28 heavy (non-hydrogen) atoms. The van der Waals surface area contributed by atoms with Crippen molar-refractivity contribution < 1.29 is 22.3 Å². The minimum Gasteiger partial charge on any atom is -0.497 e. The average Bonchev–Trinajstić information content (AvgIpc) is 2.65. The highest BCUT2D eigenvalue weighted by molar-refractivity contribution is 7.92. The average molecular weight is 408 g/mol. The van der Waals surface area contributed by atoms with Crippen molar-refractivity contribution in [1.29, 1.82) is 0 Å². The molecule has 1 N–H and O–H groups in total. The topological polar surface area (TPSA) is 75.7 Å². The second-order valence-electron chi connectivity index (χ2n) is 6.46. The number of nitrogens with one attached hydrogen (secondary N) is 1. The molecule has 0 saturated carbocycles. The molecule has 0 aliphatic heterocycles. The molecule has 0 aliphatic carbocycles. The molecule has 0 aromatic heterocycles. The lowest BCUT2D eigenvalue weighted by Crippen LogP contribution is -2.49. The van der Waals surface area contributed by atoms with Crippen LogP contribution in [0.3, 0.4) is 0 Å². The second kappa shape index (κ2) is 9.05. The quantitative estimate of drug-likeness (QED) is 0.728. The number of methoxy groups -OCH3 is 1. The number of amides is 1. The second-order valence-corrected chi connectivity index (χ2v) is 8.32. The predicted molar refractivity (Wildman–Crippen MR) is 107 cm³/mol. The maximum Gasteiger partial charge on any atom is 0.244 e. The number of nitrogens with zero attached hydrogens (tertiary/aromatic N) is 1. The van der Waals surface area contributed by atoms with Gasteiger partial charge in [-0.05, 0) is 55.3 Å². The molecule has 0 heterocycles. The zero-order valence-electron chi connectivity index (χ0n) is 16.3. The molecular weight excluding hydrogens is 383 g/mol. The third kappa shape index (κ3) is 5.22. The van der Waals surface area contributed by atoms with E-state index in [0.717, 1.165) is 16.1 Å². The molecule has 0 radical (unpaired) electrons. The van der Waals surface area contributed by atoms with Crippen molar-refractivity contribution in [2.75, 3.05) is 17.7 Å². The predicted octanol–water partition coefficient (Wildman–Crippen LogP) is 3.26. The summed E-state index contributed by atoms with van der Waals surface area (Å²) in [7, 11) is -2.20. The van der Waals surface area contributed by atoms with Crippen molar-refractivity contribution in [3.05, 3.63) is 59.9 Å². The summed E-state index contributed by atoms with van der Waals surface area (Å²) in [4.78, 5) is 12.9. The fourth-order valence-electron chi connectivity index (χ4n) is 2.93. The van der Waals surface area contributed by atoms with Crippen molar-refractivity contribution in [2.45, 2.75) is 32.4 Å². The van der Waals surface area contributed by atoms with Crippen LogP contribution in [0.15, 0.2) is 48.5 Å². The lowest BCUT2D eigenvalue weighted by atomic mass is 10.1. The first-order valence-electron chi connectivity index (χ1n) is 8.86. The molecule has 2 atom stereocenters. The molecule has 2 rings (SSSR count). The Kier molecular flexibility index (Phi) is 7.01. The molecule has 1 amide bonds. The van der Waals surface area contributed by atoms with Crippen LogP contribution in [0.5, 0.6) is 5.75 Å². The van der Waals surface area contributed by atoms with Gasteiger partial charge in [-0.2, -0.15) is 0 Å². The first-order chi connectivity index (χ1) is 13.2. The Hall–Kier alpha value is -2.61. The first kappa shape index (κ1) is 21.7. The summed E-state index contributed by atoms with van der Waals surface area (Å²) in [6, 6.07) is 10.9. The normalized spacial score (nSPS) is 13.5. The van der Waals surface area contributed by atoms with Gasteiger partial charge < -0.3 is 10.1 Å². The lowest BCUT2D eigenvalue weighted by Gasteiger charge is -2.31. The van der Waals surface area contributed by atoms with Gasteiger partial charge in [0.1, 0.15) is 17.6 Å². The van der Waals surface area contributed by atoms with E-state index < -0.39 is 28.0 Å². The number of halogens is 1. The van der Waals surface area contributed by atoms with Gasteiger partial charge in [0.05, 0.1) is 25.1 Å². The summed E-state index contributed by atoms with van der Waals surface area (Å²) in [5.74, 6) is -0.211. The number of carbonyl (C=O) groups excluding carboxylic acids is 1. The van der Waals surface area contributed by atoms with E-state index in [0.29, 0.717) is 11.4 Å². The fourth-order valence-corrected chi connectivity index (χ4v) is 4.15. The maximum atomic E-state index is 13.1. The van der Waals surface area contributed by atoms with Gasteiger partial charge >= 0.3 is 0 Å². The molecule has 8 heteroatoms. The minimum absolute atomic E-state index is 0.279. The Morgan fingerprint density at radius 3 is 2.18 bits per heavy atom. The number of anilines is 1. The third-order valence-corrected chi connectivity index (χ3v) is 5.57. The number of carbonyl (C=O) groups is 1. The van der Waals surface area contributed by atoms with Gasteiger partial charge in [0.25, 0.3) is 0 Å². The Morgan fingerprint density at radius 1 is 1.14 bits per heavy atom. The smallest absolute Gasteiger partial charge is 0.244 e. The van der Waals surface area contributed by atoms with Crippen LogP contribution in [0.25, 0.3) is 0 Å². The van der Waals surface area contributed by atoms with Gasteiger partial charge in [-0.25, -0.2) is 12.8 Å². The highest BCUT2D eigenvalue weighted by Crippen LogP contribution is 2.25. The van der Waals surface area contributed by atoms with E-state index >= 15 is 0 Å². The molecule has 0 saturated heterocycles. The summed E-state index contributed by atoms with van der Waals surface area (Å²) in [5.41, 5.74) is 1.10. The van der Waals surface area contributed by atoms with Crippen molar-refractivity contribution in [3.8, 4) is 5.75 Å². The standard InChI is InChI=1S/C20H25FN2O4S/c1-5-19(20(24)22-14(2)15-6-8-16(21)9-7-15)23(28(4,25)26)17-10-12-18(27-3)13-11-17/h6-14,19H,5H2,1-4H3,(H,22,24)/t14-,19-/m1/s1. The molecule has 0 spiro atoms. The van der Waals surface area contributed by atoms with Crippen LogP contribution in [0.4, 0.5) is 10.1 Å². The molecule has 152 valence electrons. The number of hydrogen-bond acceptors (Lipinski definition) is 4. The Labute approximate surface area is 165 Å². The lowest BCUT2D eigenvalue weighted by molar-refractivity contribution is -0.122. The van der Waals surface area contributed by atoms with Gasteiger partial charge in [0.15, 0.2) is 0 Å². The third-order valence-electron chi connectivity index (χ3n) is 4.39. The monoisotopic (exact) mass is 408 g/mol. The van der Waals surface area contributed by atoms with Crippen molar-refractivity contribution >= 4 is 21.6 Å². The largest absolute Gasteiger partial charge is 0.497 e. The number of hydrogen-bond donors (Lipinski definition) is 1. The van der Waals surface area contributed by atoms with Crippen LogP contribution in [0.2, 0.25) is 0 Å². The number of ether oxygens (including phenoxy) is 1. The highest BCUT2D eigenvalue weighted by atomic mass is 32.2. The van der Waals surface area contributed by atoms with E-state index in [-0.39, 0.29) is 12.2 Å². The number of rotatable bonds is 8. The van der Waals surface area contributed by atoms with Gasteiger partial charge in [0, 0.05) is 0 Å². The fraction of sp³-hybridized carbons (Fsp3) is 0.350. The maximum absolute atomic E-state index is 13.1. The van der Waals surface area contributed by atoms with Gasteiger partial charge in [-0.3, -0.25) is 9.10 Å². The van der Waals surface area contributed by atoms with Gasteiger partial charge in [-0.15, -0.1) is 0 Å². The number of benzene rings is 2. The molecule has 2 aromatic rings. The number of sulfonamides is 1. The van der Waals surface area contributed by atoms with E-state index in [1.807, 2.05) is 0 Å². The summed E-state index contributed by atoms with van der Waals surface area (Å²) in [6.07, 6.45) is 1.34. The molecule has 0 bridgehead atoms. The Bertz CT molecular complexity index is 899. The van der Waals surface area contributed by atoms with Crippen LogP contribution >= 0.6 is 0 Å². The summed E-state index contributed by atoms with van der Waals surface area (Å²) in [6.45, 7) is 3.50. The van der Waals surface area contributed by atoms with Crippen LogP contribution < -0.4 is 14.4 Å². The molecule has 2 aromatic carbocycles. The van der Waals surface area contributed by atoms with E-state index in [4.69, 9.17) is 4.74 Å². The van der Waals surface area contributed by atoms with Crippen LogP contribution in [0.1, 0.15) is 31.9 Å². The molecule has 0 aliphatic rings. The van der Waals surface area contributed by atoms with Crippen molar-refractivity contribution in [2.24, 2.45) is 0 Å². The van der Waals surface area contributed by atoms with E-state index in [9.17, 15) is 17.6 Å². The summed E-state index contributed by atoms with van der Waals surface area (Å²) >= 11 is 0. The van der Waals surface area contributed by atoms with E-state index in [1.54, 1.807) is 50.2 Å². The first-order valence-corrected chi connectivity index (χ1v) is 10.7. The minimum atomic E-state index is -3.72. The molecule has 0 unspecified atom stereocenters. The van der Waals surface area contributed by atoms with Gasteiger partial charge in [-0.1, -0.05) is 19.1 Å². The summed E-state index contributed by atoms with van der Waals surface area (Å²) < 4.78 is 44.2.